The van der Waals surface area contributed by atoms with Crippen molar-refractivity contribution in [1.82, 2.24) is 15.0 Å². The Bertz CT molecular complexity index is 637. The lowest BCUT2D eigenvalue weighted by Crippen LogP contribution is -2.35. The maximum atomic E-state index is 5.56. The lowest BCUT2D eigenvalue weighted by atomic mass is 10.0. The van der Waals surface area contributed by atoms with E-state index in [4.69, 9.17) is 9.26 Å². The first-order valence-electron chi connectivity index (χ1n) is 9.43. The van der Waals surface area contributed by atoms with E-state index in [0.29, 0.717) is 37.0 Å². The molecule has 5 heteroatoms. The van der Waals surface area contributed by atoms with Crippen LogP contribution in [0.1, 0.15) is 75.9 Å². The molecule has 5 nitrogen and oxygen atoms in total. The first kappa shape index (κ1) is 18.1. The van der Waals surface area contributed by atoms with Crippen LogP contribution in [0, 0.1) is 0 Å². The normalized spacial score (nSPS) is 17.9. The van der Waals surface area contributed by atoms with E-state index in [1.807, 2.05) is 13.8 Å². The van der Waals surface area contributed by atoms with Crippen LogP contribution < -0.4 is 0 Å². The minimum atomic E-state index is -0.131. The Kier molecular flexibility index (Phi) is 6.21. The van der Waals surface area contributed by atoms with Crippen LogP contribution in [0.2, 0.25) is 0 Å². The summed E-state index contributed by atoms with van der Waals surface area (Å²) in [6.45, 7) is 7.53. The van der Waals surface area contributed by atoms with E-state index in [9.17, 15) is 0 Å². The molecule has 0 saturated heterocycles. The van der Waals surface area contributed by atoms with Crippen molar-refractivity contribution >= 4 is 0 Å². The van der Waals surface area contributed by atoms with Gasteiger partial charge in [0, 0.05) is 18.7 Å². The number of ether oxygens (including phenoxy) is 1. The molecule has 1 heterocycles. The van der Waals surface area contributed by atoms with Gasteiger partial charge in [-0.15, -0.1) is 0 Å². The zero-order valence-electron chi connectivity index (χ0n) is 15.5. The van der Waals surface area contributed by atoms with Crippen molar-refractivity contribution in [2.45, 2.75) is 71.2 Å². The fourth-order valence-corrected chi connectivity index (χ4v) is 3.72. The van der Waals surface area contributed by atoms with Crippen molar-refractivity contribution in [2.75, 3.05) is 6.61 Å². The summed E-state index contributed by atoms with van der Waals surface area (Å²) in [5.74, 6) is 1.31. The molecule has 0 radical (unpaired) electrons. The lowest BCUT2D eigenvalue weighted by Gasteiger charge is -2.33. The van der Waals surface area contributed by atoms with Crippen LogP contribution in [-0.2, 0) is 11.3 Å². The molecule has 0 spiro atoms. The summed E-state index contributed by atoms with van der Waals surface area (Å²) in [4.78, 5) is 7.09. The Morgan fingerprint density at radius 3 is 2.60 bits per heavy atom. The van der Waals surface area contributed by atoms with Gasteiger partial charge in [0.25, 0.3) is 0 Å². The fourth-order valence-electron chi connectivity index (χ4n) is 3.72. The van der Waals surface area contributed by atoms with Gasteiger partial charge in [0.2, 0.25) is 5.89 Å². The molecule has 2 unspecified atom stereocenters. The van der Waals surface area contributed by atoms with Gasteiger partial charge in [0.1, 0.15) is 6.10 Å². The minimum absolute atomic E-state index is 0.131. The topological polar surface area (TPSA) is 51.4 Å². The van der Waals surface area contributed by atoms with E-state index in [0.717, 1.165) is 0 Å². The smallest absolute Gasteiger partial charge is 0.240 e. The molecule has 1 saturated carbocycles. The molecule has 0 aliphatic heterocycles. The van der Waals surface area contributed by atoms with Crippen molar-refractivity contribution in [3.63, 3.8) is 0 Å². The summed E-state index contributed by atoms with van der Waals surface area (Å²) >= 11 is 0. The second-order valence-corrected chi connectivity index (χ2v) is 6.84. The fraction of sp³-hybridized carbons (Fsp3) is 0.600. The summed E-state index contributed by atoms with van der Waals surface area (Å²) in [5.41, 5.74) is 1.33. The van der Waals surface area contributed by atoms with Crippen LogP contribution in [0.3, 0.4) is 0 Å². The molecule has 3 rings (SSSR count). The average Bonchev–Trinajstić information content (AvgIpc) is 3.32. The summed E-state index contributed by atoms with van der Waals surface area (Å²) in [6, 6.07) is 11.6. The van der Waals surface area contributed by atoms with E-state index in [1.165, 1.54) is 31.2 Å². The highest BCUT2D eigenvalue weighted by Crippen LogP contribution is 2.32. The molecule has 1 aliphatic carbocycles. The van der Waals surface area contributed by atoms with E-state index in [1.54, 1.807) is 0 Å². The van der Waals surface area contributed by atoms with Crippen LogP contribution in [0.4, 0.5) is 0 Å². The van der Waals surface area contributed by atoms with Crippen molar-refractivity contribution in [3.05, 3.63) is 47.6 Å². The van der Waals surface area contributed by atoms with Gasteiger partial charge in [-0.1, -0.05) is 48.3 Å². The quantitative estimate of drug-likeness (QED) is 0.697. The van der Waals surface area contributed by atoms with E-state index >= 15 is 0 Å². The molecule has 1 fully saturated rings. The summed E-state index contributed by atoms with van der Waals surface area (Å²) in [5, 5.41) is 4.11. The number of aromatic nitrogens is 2. The molecule has 136 valence electrons. The second kappa shape index (κ2) is 8.59. The Balaban J connectivity index is 1.76. The molecule has 0 bridgehead atoms. The minimum Gasteiger partial charge on any atom is -0.371 e. The highest BCUT2D eigenvalue weighted by atomic mass is 16.5. The van der Waals surface area contributed by atoms with Gasteiger partial charge < -0.3 is 9.26 Å². The Hall–Kier alpha value is -1.72. The molecular weight excluding hydrogens is 314 g/mol. The molecule has 2 aromatic rings. The largest absolute Gasteiger partial charge is 0.371 e. The van der Waals surface area contributed by atoms with Gasteiger partial charge in [-0.25, -0.2) is 0 Å². The number of rotatable bonds is 8. The highest BCUT2D eigenvalue weighted by molar-refractivity contribution is 5.18. The molecular formula is C20H29N3O2. The Labute approximate surface area is 150 Å². The average molecular weight is 343 g/mol. The SMILES string of the molecule is CCOC(C)c1noc(CN(C2CCCC2)C(C)c2ccccc2)n1. The summed E-state index contributed by atoms with van der Waals surface area (Å²) in [6.07, 6.45) is 4.97. The zero-order chi connectivity index (χ0) is 17.6. The van der Waals surface area contributed by atoms with E-state index < -0.39 is 0 Å². The summed E-state index contributed by atoms with van der Waals surface area (Å²) < 4.78 is 11.1. The van der Waals surface area contributed by atoms with Crippen molar-refractivity contribution in [3.8, 4) is 0 Å². The van der Waals surface area contributed by atoms with Gasteiger partial charge in [-0.3, -0.25) is 4.90 Å². The monoisotopic (exact) mass is 343 g/mol. The lowest BCUT2D eigenvalue weighted by molar-refractivity contribution is 0.0683. The predicted octanol–water partition coefficient (Wildman–Crippen LogP) is 4.67. The van der Waals surface area contributed by atoms with Gasteiger partial charge in [0.05, 0.1) is 6.54 Å². The van der Waals surface area contributed by atoms with Crippen molar-refractivity contribution < 1.29 is 9.26 Å². The Morgan fingerprint density at radius 1 is 1.20 bits per heavy atom. The van der Waals surface area contributed by atoms with Gasteiger partial charge >= 0.3 is 0 Å². The third-order valence-electron chi connectivity index (χ3n) is 5.16. The van der Waals surface area contributed by atoms with Gasteiger partial charge in [0.15, 0.2) is 5.82 Å². The number of benzene rings is 1. The third kappa shape index (κ3) is 4.47. The maximum Gasteiger partial charge on any atom is 0.240 e. The van der Waals surface area contributed by atoms with Crippen LogP contribution in [0.25, 0.3) is 0 Å². The zero-order valence-corrected chi connectivity index (χ0v) is 15.5. The molecule has 2 atom stereocenters. The molecule has 25 heavy (non-hydrogen) atoms. The molecule has 1 aromatic heterocycles. The second-order valence-electron chi connectivity index (χ2n) is 6.84. The number of hydrogen-bond acceptors (Lipinski definition) is 5. The third-order valence-corrected chi connectivity index (χ3v) is 5.16. The van der Waals surface area contributed by atoms with Crippen LogP contribution in [0.5, 0.6) is 0 Å². The standard InChI is InChI=1S/C20H29N3O2/c1-4-24-16(3)20-21-19(25-22-20)14-23(18-12-8-9-13-18)15(2)17-10-6-5-7-11-17/h5-7,10-11,15-16,18H,4,8-9,12-14H2,1-3H3. The molecule has 1 aromatic carbocycles. The first-order chi connectivity index (χ1) is 12.2. The van der Waals surface area contributed by atoms with E-state index in [2.05, 4.69) is 52.3 Å². The summed E-state index contributed by atoms with van der Waals surface area (Å²) in [7, 11) is 0. The van der Waals surface area contributed by atoms with Gasteiger partial charge in [-0.2, -0.15) is 4.98 Å². The van der Waals surface area contributed by atoms with Crippen LogP contribution in [-0.4, -0.2) is 27.7 Å². The number of nitrogens with zero attached hydrogens (tertiary/aromatic N) is 3. The predicted molar refractivity (Wildman–Crippen MR) is 97.0 cm³/mol. The highest BCUT2D eigenvalue weighted by Gasteiger charge is 2.29. The molecule has 0 amide bonds. The van der Waals surface area contributed by atoms with Crippen LogP contribution >= 0.6 is 0 Å². The van der Waals surface area contributed by atoms with Crippen molar-refractivity contribution in [2.24, 2.45) is 0 Å². The van der Waals surface area contributed by atoms with Crippen LogP contribution in [0.15, 0.2) is 34.9 Å². The maximum absolute atomic E-state index is 5.56. The van der Waals surface area contributed by atoms with E-state index in [-0.39, 0.29) is 6.10 Å². The number of hydrogen-bond donors (Lipinski definition) is 0. The van der Waals surface area contributed by atoms with Gasteiger partial charge in [-0.05, 0) is 39.2 Å². The molecule has 1 aliphatic rings. The van der Waals surface area contributed by atoms with Crippen molar-refractivity contribution in [1.29, 1.82) is 0 Å². The molecule has 0 N–H and O–H groups in total. The first-order valence-corrected chi connectivity index (χ1v) is 9.43. The Morgan fingerprint density at radius 2 is 1.92 bits per heavy atom.